The number of benzene rings is 1. The summed E-state index contributed by atoms with van der Waals surface area (Å²) in [5, 5.41) is 15.2. The van der Waals surface area contributed by atoms with E-state index in [1.165, 1.54) is 23.1 Å². The predicted molar refractivity (Wildman–Crippen MR) is 125 cm³/mol. The predicted octanol–water partition coefficient (Wildman–Crippen LogP) is 3.32. The van der Waals surface area contributed by atoms with Gasteiger partial charge in [-0.15, -0.1) is 16.4 Å². The molecule has 0 saturated carbocycles. The SMILES string of the molecule is C=N/N=C(\N)Sc1ccc(Sc2ccc(C(=O)NC)cc2)c(C(=O)Nc2nccs2)n1. The second kappa shape index (κ2) is 10.7. The minimum atomic E-state index is -0.403. The lowest BCUT2D eigenvalue weighted by molar-refractivity contribution is 0.0962. The van der Waals surface area contributed by atoms with Crippen LogP contribution in [0.4, 0.5) is 5.13 Å². The van der Waals surface area contributed by atoms with Crippen LogP contribution in [0.3, 0.4) is 0 Å². The fourth-order valence-corrected chi connectivity index (χ4v) is 4.32. The van der Waals surface area contributed by atoms with E-state index in [9.17, 15) is 9.59 Å². The van der Waals surface area contributed by atoms with Gasteiger partial charge in [-0.2, -0.15) is 5.10 Å². The molecule has 0 fully saturated rings. The van der Waals surface area contributed by atoms with Gasteiger partial charge in [0, 0.05) is 40.7 Å². The Hall–Kier alpha value is -3.22. The van der Waals surface area contributed by atoms with Gasteiger partial charge in [-0.3, -0.25) is 14.9 Å². The molecule has 0 saturated heterocycles. The van der Waals surface area contributed by atoms with Crippen molar-refractivity contribution >= 4 is 63.7 Å². The molecule has 12 heteroatoms. The molecule has 9 nitrogen and oxygen atoms in total. The average molecular weight is 472 g/mol. The smallest absolute Gasteiger partial charge is 0.277 e. The highest BCUT2D eigenvalue weighted by Crippen LogP contribution is 2.32. The van der Waals surface area contributed by atoms with Gasteiger partial charge < -0.3 is 11.1 Å². The van der Waals surface area contributed by atoms with E-state index in [2.05, 4.69) is 37.5 Å². The van der Waals surface area contributed by atoms with E-state index in [1.54, 1.807) is 55.0 Å². The number of hydrogen-bond acceptors (Lipinski definition) is 9. The number of carbonyl (C=O) groups excluding carboxylic acids is 2. The third kappa shape index (κ3) is 6.13. The van der Waals surface area contributed by atoms with E-state index >= 15 is 0 Å². The molecule has 0 atom stereocenters. The average Bonchev–Trinajstić information content (AvgIpc) is 3.28. The van der Waals surface area contributed by atoms with Crippen molar-refractivity contribution in [2.45, 2.75) is 14.8 Å². The summed E-state index contributed by atoms with van der Waals surface area (Å²) in [5.74, 6) is -0.574. The van der Waals surface area contributed by atoms with Crippen LogP contribution in [0.5, 0.6) is 0 Å². The number of carbonyl (C=O) groups is 2. The molecule has 0 radical (unpaired) electrons. The zero-order valence-corrected chi connectivity index (χ0v) is 18.7. The second-order valence-corrected chi connectivity index (χ2v) is 8.73. The molecule has 0 aliphatic heterocycles. The number of nitrogens with two attached hydrogens (primary N) is 1. The van der Waals surface area contributed by atoms with Gasteiger partial charge in [0.1, 0.15) is 10.7 Å². The highest BCUT2D eigenvalue weighted by atomic mass is 32.2. The topological polar surface area (TPSA) is 135 Å². The van der Waals surface area contributed by atoms with Crippen LogP contribution < -0.4 is 16.4 Å². The summed E-state index contributed by atoms with van der Waals surface area (Å²) >= 11 is 3.72. The van der Waals surface area contributed by atoms with Crippen LogP contribution in [0, 0.1) is 0 Å². The van der Waals surface area contributed by atoms with Gasteiger partial charge in [-0.25, -0.2) is 9.97 Å². The molecule has 0 unspecified atom stereocenters. The molecule has 4 N–H and O–H groups in total. The number of pyridine rings is 1. The maximum atomic E-state index is 12.9. The third-order valence-electron chi connectivity index (χ3n) is 3.65. The number of anilines is 1. The lowest BCUT2D eigenvalue weighted by Gasteiger charge is -2.10. The molecule has 0 aliphatic carbocycles. The Balaban J connectivity index is 1.90. The maximum absolute atomic E-state index is 12.9. The Kier molecular flexibility index (Phi) is 7.76. The molecule has 3 aromatic rings. The zero-order chi connectivity index (χ0) is 22.2. The molecule has 2 aromatic heterocycles. The lowest BCUT2D eigenvalue weighted by atomic mass is 10.2. The molecule has 0 aliphatic rings. The highest BCUT2D eigenvalue weighted by molar-refractivity contribution is 8.13. The van der Waals surface area contributed by atoms with Gasteiger partial charge in [-0.1, -0.05) is 11.8 Å². The van der Waals surface area contributed by atoms with Crippen molar-refractivity contribution in [1.29, 1.82) is 0 Å². The summed E-state index contributed by atoms with van der Waals surface area (Å²) in [5.41, 5.74) is 6.51. The fraction of sp³-hybridized carbons (Fsp3) is 0.0526. The van der Waals surface area contributed by atoms with Gasteiger partial charge in [0.05, 0.1) is 0 Å². The van der Waals surface area contributed by atoms with Gasteiger partial charge in [0.2, 0.25) is 0 Å². The van der Waals surface area contributed by atoms with Crippen molar-refractivity contribution in [3.05, 3.63) is 59.2 Å². The van der Waals surface area contributed by atoms with Crippen molar-refractivity contribution < 1.29 is 9.59 Å². The van der Waals surface area contributed by atoms with Gasteiger partial charge in [0.25, 0.3) is 11.8 Å². The van der Waals surface area contributed by atoms with Crippen LogP contribution in [0.2, 0.25) is 0 Å². The number of amides is 2. The summed E-state index contributed by atoms with van der Waals surface area (Å²) in [7, 11) is 1.58. The van der Waals surface area contributed by atoms with E-state index < -0.39 is 5.91 Å². The number of amidine groups is 1. The number of aromatic nitrogens is 2. The highest BCUT2D eigenvalue weighted by Gasteiger charge is 2.18. The van der Waals surface area contributed by atoms with Crippen LogP contribution in [0.25, 0.3) is 0 Å². The molecule has 2 heterocycles. The van der Waals surface area contributed by atoms with Crippen molar-refractivity contribution in [3.8, 4) is 0 Å². The number of rotatable bonds is 7. The largest absolute Gasteiger partial charge is 0.376 e. The Morgan fingerprint density at radius 1 is 1.16 bits per heavy atom. The minimum absolute atomic E-state index is 0.152. The van der Waals surface area contributed by atoms with E-state index in [4.69, 9.17) is 5.73 Å². The molecule has 158 valence electrons. The van der Waals surface area contributed by atoms with Crippen molar-refractivity contribution in [2.75, 3.05) is 12.4 Å². The normalized spacial score (nSPS) is 11.1. The number of hydrogen-bond donors (Lipinski definition) is 3. The van der Waals surface area contributed by atoms with Crippen molar-refractivity contribution in [3.63, 3.8) is 0 Å². The first-order chi connectivity index (χ1) is 15.0. The van der Waals surface area contributed by atoms with Gasteiger partial charge >= 0.3 is 0 Å². The molecule has 3 rings (SSSR count). The standard InChI is InChI=1S/C19H17N7O2S3/c1-21-16(27)11-3-5-12(6-4-11)30-13-7-8-14(31-18(20)26-22-2)24-15(13)17(28)25-19-23-9-10-29-19/h3-10H,2H2,1H3,(H2,20,26)(H,21,27)(H,23,25,28). The summed E-state index contributed by atoms with van der Waals surface area (Å²) in [6, 6.07) is 10.6. The Morgan fingerprint density at radius 2 is 1.94 bits per heavy atom. The molecular formula is C19H17N7O2S3. The van der Waals surface area contributed by atoms with E-state index in [-0.39, 0.29) is 16.8 Å². The molecule has 31 heavy (non-hydrogen) atoms. The van der Waals surface area contributed by atoms with Crippen LogP contribution in [0.15, 0.2) is 73.0 Å². The summed E-state index contributed by atoms with van der Waals surface area (Å²) in [6.07, 6.45) is 1.60. The first kappa shape index (κ1) is 22.5. The first-order valence-corrected chi connectivity index (χ1v) is 11.2. The maximum Gasteiger partial charge on any atom is 0.277 e. The Morgan fingerprint density at radius 3 is 2.58 bits per heavy atom. The Labute approximate surface area is 190 Å². The van der Waals surface area contributed by atoms with Crippen LogP contribution >= 0.6 is 34.9 Å². The number of nitrogens with one attached hydrogen (secondary N) is 2. The quantitative estimate of drug-likeness (QED) is 0.208. The number of nitrogens with zero attached hydrogens (tertiary/aromatic N) is 4. The van der Waals surface area contributed by atoms with Crippen LogP contribution in [0.1, 0.15) is 20.8 Å². The summed E-state index contributed by atoms with van der Waals surface area (Å²) in [6.45, 7) is 3.26. The molecule has 1 aromatic carbocycles. The third-order valence-corrected chi connectivity index (χ3v) is 6.12. The van der Waals surface area contributed by atoms with Gasteiger partial charge in [-0.05, 0) is 48.2 Å². The summed E-state index contributed by atoms with van der Waals surface area (Å²) < 4.78 is 0. The van der Waals surface area contributed by atoms with Crippen LogP contribution in [-0.4, -0.2) is 40.7 Å². The number of thiazole rings is 1. The fourth-order valence-electron chi connectivity index (χ4n) is 2.31. The van der Waals surface area contributed by atoms with Crippen molar-refractivity contribution in [2.24, 2.45) is 15.9 Å². The zero-order valence-electron chi connectivity index (χ0n) is 16.2. The van der Waals surface area contributed by atoms with E-state index in [1.807, 2.05) is 0 Å². The van der Waals surface area contributed by atoms with Crippen LogP contribution in [-0.2, 0) is 0 Å². The monoisotopic (exact) mass is 471 g/mol. The second-order valence-electron chi connectivity index (χ2n) is 5.67. The molecule has 0 spiro atoms. The Bertz CT molecular complexity index is 1120. The van der Waals surface area contributed by atoms with Crippen molar-refractivity contribution in [1.82, 2.24) is 15.3 Å². The molecule has 2 amide bonds. The minimum Gasteiger partial charge on any atom is -0.376 e. The van der Waals surface area contributed by atoms with E-state index in [0.717, 1.165) is 16.7 Å². The number of thioether (sulfide) groups is 1. The first-order valence-electron chi connectivity index (χ1n) is 8.69. The molecular weight excluding hydrogens is 454 g/mol. The summed E-state index contributed by atoms with van der Waals surface area (Å²) in [4.78, 5) is 34.6. The van der Waals surface area contributed by atoms with Gasteiger partial charge in [0.15, 0.2) is 10.3 Å². The molecule has 0 bridgehead atoms. The lowest BCUT2D eigenvalue weighted by Crippen LogP contribution is -2.17. The van der Waals surface area contributed by atoms with E-state index in [0.29, 0.717) is 20.6 Å².